The Morgan fingerprint density at radius 2 is 1.14 bits per heavy atom. The topological polar surface area (TPSA) is 80.3 Å². The van der Waals surface area contributed by atoms with Crippen molar-refractivity contribution in [3.8, 4) is 0 Å². The SMILES string of the molecule is O=S(=O)([O-])[O-].[CH3-].[Cu+2]. The first kappa shape index (κ1) is 15.7. The van der Waals surface area contributed by atoms with Crippen molar-refractivity contribution in [2.24, 2.45) is 0 Å². The van der Waals surface area contributed by atoms with Crippen molar-refractivity contribution in [3.63, 3.8) is 0 Å². The first-order valence-electron chi connectivity index (χ1n) is 0.667. The molecule has 6 heteroatoms. The fourth-order valence-corrected chi connectivity index (χ4v) is 0. The van der Waals surface area contributed by atoms with Crippen LogP contribution in [0.5, 0.6) is 0 Å². The molecular weight excluding hydrogens is 172 g/mol. The maximum atomic E-state index is 8.52. The van der Waals surface area contributed by atoms with Crippen molar-refractivity contribution >= 4 is 10.4 Å². The van der Waals surface area contributed by atoms with Crippen molar-refractivity contribution < 1.29 is 34.6 Å². The van der Waals surface area contributed by atoms with E-state index in [4.69, 9.17) is 17.5 Å². The summed E-state index contributed by atoms with van der Waals surface area (Å²) >= 11 is 0. The Kier molecular flexibility index (Phi) is 10.2. The molecule has 0 saturated carbocycles. The number of hydrogen-bond donors (Lipinski definition) is 0. The fraction of sp³-hybridized carbons (Fsp3) is 0. The van der Waals surface area contributed by atoms with Gasteiger partial charge in [0.1, 0.15) is 0 Å². The van der Waals surface area contributed by atoms with Gasteiger partial charge in [-0.2, -0.15) is 0 Å². The normalized spacial score (nSPS) is 8.29. The van der Waals surface area contributed by atoms with Crippen LogP contribution in [0.4, 0.5) is 0 Å². The first-order valence-corrected chi connectivity index (χ1v) is 2.00. The molecule has 0 aromatic heterocycles. The van der Waals surface area contributed by atoms with E-state index in [2.05, 4.69) is 0 Å². The van der Waals surface area contributed by atoms with Gasteiger partial charge in [0.2, 0.25) is 0 Å². The molecule has 0 atom stereocenters. The summed E-state index contributed by atoms with van der Waals surface area (Å²) in [5, 5.41) is 0. The predicted octanol–water partition coefficient (Wildman–Crippen LogP) is -0.890. The Bertz CT molecular complexity index is 94.9. The van der Waals surface area contributed by atoms with Crippen molar-refractivity contribution in [1.82, 2.24) is 0 Å². The van der Waals surface area contributed by atoms with E-state index >= 15 is 0 Å². The van der Waals surface area contributed by atoms with Gasteiger partial charge in [0.15, 0.2) is 0 Å². The largest absolute Gasteiger partial charge is 2.00 e. The molecule has 0 aromatic carbocycles. The van der Waals surface area contributed by atoms with Crippen LogP contribution in [0, 0.1) is 7.43 Å². The van der Waals surface area contributed by atoms with Gasteiger partial charge in [0.05, 0.1) is 0 Å². The van der Waals surface area contributed by atoms with Crippen molar-refractivity contribution in [3.05, 3.63) is 7.43 Å². The van der Waals surface area contributed by atoms with Gasteiger partial charge in [-0.1, -0.05) is 0 Å². The van der Waals surface area contributed by atoms with Crippen LogP contribution in [0.3, 0.4) is 0 Å². The summed E-state index contributed by atoms with van der Waals surface area (Å²) in [5.74, 6) is 0. The van der Waals surface area contributed by atoms with E-state index in [1.807, 2.05) is 0 Å². The van der Waals surface area contributed by atoms with E-state index in [1.165, 1.54) is 0 Å². The fourth-order valence-electron chi connectivity index (χ4n) is 0. The quantitative estimate of drug-likeness (QED) is 0.207. The van der Waals surface area contributed by atoms with Crippen LogP contribution in [0.25, 0.3) is 0 Å². The van der Waals surface area contributed by atoms with Crippen LogP contribution >= 0.6 is 0 Å². The summed E-state index contributed by atoms with van der Waals surface area (Å²) in [7, 11) is -5.17. The van der Waals surface area contributed by atoms with E-state index in [0.29, 0.717) is 0 Å². The second-order valence-corrected chi connectivity index (χ2v) is 1.22. The van der Waals surface area contributed by atoms with Gasteiger partial charge in [-0.05, 0) is 0 Å². The van der Waals surface area contributed by atoms with Crippen LogP contribution in [0.15, 0.2) is 0 Å². The van der Waals surface area contributed by atoms with Crippen molar-refractivity contribution in [2.75, 3.05) is 0 Å². The van der Waals surface area contributed by atoms with Crippen LogP contribution in [-0.2, 0) is 27.5 Å². The summed E-state index contributed by atoms with van der Waals surface area (Å²) in [6.07, 6.45) is 0. The first-order chi connectivity index (χ1) is 2.00. The van der Waals surface area contributed by atoms with Gasteiger partial charge in [0, 0.05) is 10.4 Å². The number of rotatable bonds is 0. The Labute approximate surface area is 53.0 Å². The average molecular weight is 175 g/mol. The molecule has 0 aliphatic carbocycles. The van der Waals surface area contributed by atoms with E-state index < -0.39 is 10.4 Å². The average Bonchev–Trinajstić information content (AvgIpc) is 0.722. The molecule has 0 N–H and O–H groups in total. The third-order valence-electron chi connectivity index (χ3n) is 0. The summed E-state index contributed by atoms with van der Waals surface area (Å²) < 4.78 is 34.1. The molecule has 0 aromatic rings. The molecule has 4 nitrogen and oxygen atoms in total. The maximum Gasteiger partial charge on any atom is 2.00 e. The standard InChI is InChI=1S/CH3.Cu.H2O4S/c;;1-5(2,3)4/h1H3;;(H2,1,2,3,4)/q-1;+2;/p-2. The Balaban J connectivity index is -0.0000000800. The second kappa shape index (κ2) is 4.55. The zero-order chi connectivity index (χ0) is 4.50. The molecule has 0 bridgehead atoms. The minimum absolute atomic E-state index is 0. The maximum absolute atomic E-state index is 8.52. The minimum Gasteiger partial charge on any atom is -0.759 e. The van der Waals surface area contributed by atoms with Gasteiger partial charge < -0.3 is 16.5 Å². The molecule has 0 saturated heterocycles. The molecule has 0 aliphatic rings. The molecule has 0 spiro atoms. The Hall–Kier alpha value is 0.389. The van der Waals surface area contributed by atoms with Gasteiger partial charge in [-0.3, -0.25) is 8.42 Å². The second-order valence-electron chi connectivity index (χ2n) is 0.408. The Morgan fingerprint density at radius 1 is 1.14 bits per heavy atom. The molecule has 1 radical (unpaired) electrons. The van der Waals surface area contributed by atoms with E-state index in [9.17, 15) is 0 Å². The molecule has 0 amide bonds. The van der Waals surface area contributed by atoms with Crippen LogP contribution in [0.1, 0.15) is 0 Å². The zero-order valence-corrected chi connectivity index (χ0v) is 5.10. The summed E-state index contributed by atoms with van der Waals surface area (Å²) in [6.45, 7) is 0. The van der Waals surface area contributed by atoms with Crippen LogP contribution < -0.4 is 0 Å². The van der Waals surface area contributed by atoms with Crippen molar-refractivity contribution in [2.45, 2.75) is 0 Å². The molecule has 0 aliphatic heterocycles. The monoisotopic (exact) mass is 174 g/mol. The molecule has 7 heavy (non-hydrogen) atoms. The van der Waals surface area contributed by atoms with Gasteiger partial charge in [0.25, 0.3) is 0 Å². The van der Waals surface area contributed by atoms with Crippen molar-refractivity contribution in [1.29, 1.82) is 0 Å². The molecule has 0 unspecified atom stereocenters. The van der Waals surface area contributed by atoms with Gasteiger partial charge >= 0.3 is 17.1 Å². The van der Waals surface area contributed by atoms with Gasteiger partial charge in [-0.25, -0.2) is 0 Å². The van der Waals surface area contributed by atoms with E-state index in [0.717, 1.165) is 0 Å². The predicted molar refractivity (Wildman–Crippen MR) is 16.9 cm³/mol. The van der Waals surface area contributed by atoms with E-state index in [-0.39, 0.29) is 24.5 Å². The molecule has 0 heterocycles. The molecular formula is CH3CuO4S-. The van der Waals surface area contributed by atoms with Crippen LogP contribution in [-0.4, -0.2) is 17.5 Å². The summed E-state index contributed by atoms with van der Waals surface area (Å²) in [4.78, 5) is 0. The summed E-state index contributed by atoms with van der Waals surface area (Å²) in [6, 6.07) is 0. The van der Waals surface area contributed by atoms with E-state index in [1.54, 1.807) is 0 Å². The third-order valence-corrected chi connectivity index (χ3v) is 0. The van der Waals surface area contributed by atoms with Gasteiger partial charge in [-0.15, -0.1) is 0 Å². The molecule has 49 valence electrons. The molecule has 0 fully saturated rings. The smallest absolute Gasteiger partial charge is 0.759 e. The Morgan fingerprint density at radius 3 is 1.14 bits per heavy atom. The van der Waals surface area contributed by atoms with Crippen LogP contribution in [0.2, 0.25) is 0 Å². The minimum atomic E-state index is -5.17. The zero-order valence-electron chi connectivity index (χ0n) is 3.34. The third kappa shape index (κ3) is 812. The number of hydrogen-bond acceptors (Lipinski definition) is 4. The molecule has 0 rings (SSSR count). The summed E-state index contributed by atoms with van der Waals surface area (Å²) in [5.41, 5.74) is 0.